The third-order valence-electron chi connectivity index (χ3n) is 5.71. The van der Waals surface area contributed by atoms with E-state index >= 15 is 0 Å². The summed E-state index contributed by atoms with van der Waals surface area (Å²) < 4.78 is 5.82. The average molecular weight is 422 g/mol. The van der Waals surface area contributed by atoms with Gasteiger partial charge in [-0.3, -0.25) is 9.59 Å². The van der Waals surface area contributed by atoms with Gasteiger partial charge in [0.15, 0.2) is 0 Å². The van der Waals surface area contributed by atoms with E-state index in [1.807, 2.05) is 37.3 Å². The number of thiophene rings is 1. The standard InChI is InChI=1S/C23H23N3O3S/c1-13(17-12-14-6-2-4-8-16(14)29-17)24-20(27)11-10-19-25-22(28)21-15-7-3-5-9-18(15)30-23(21)26-19/h2,4,6,8,12-13H,3,5,7,9-11H2,1H3,(H,24,27)(H,25,26,28)/t13-/m0/s1. The first kappa shape index (κ1) is 19.1. The molecule has 4 aromatic rings. The summed E-state index contributed by atoms with van der Waals surface area (Å²) in [5.41, 5.74) is 1.91. The van der Waals surface area contributed by atoms with Gasteiger partial charge >= 0.3 is 0 Å². The van der Waals surface area contributed by atoms with Gasteiger partial charge in [0.25, 0.3) is 5.56 Å². The number of fused-ring (bicyclic) bond motifs is 4. The minimum absolute atomic E-state index is 0.0783. The van der Waals surface area contributed by atoms with Crippen LogP contribution in [0, 0.1) is 0 Å². The predicted octanol–water partition coefficient (Wildman–Crippen LogP) is 4.42. The Morgan fingerprint density at radius 1 is 1.30 bits per heavy atom. The molecule has 154 valence electrons. The number of benzene rings is 1. The van der Waals surface area contributed by atoms with Gasteiger partial charge in [0.1, 0.15) is 22.0 Å². The van der Waals surface area contributed by atoms with Crippen LogP contribution >= 0.6 is 11.3 Å². The lowest BCUT2D eigenvalue weighted by Crippen LogP contribution is -2.27. The molecular formula is C23H23N3O3S. The second-order valence-electron chi connectivity index (χ2n) is 7.88. The van der Waals surface area contributed by atoms with Crippen LogP contribution in [-0.2, 0) is 24.1 Å². The zero-order valence-electron chi connectivity index (χ0n) is 16.8. The van der Waals surface area contributed by atoms with Crippen molar-refractivity contribution in [2.45, 2.75) is 51.5 Å². The van der Waals surface area contributed by atoms with Crippen LogP contribution in [0.3, 0.4) is 0 Å². The number of aromatic nitrogens is 2. The first-order valence-corrected chi connectivity index (χ1v) is 11.2. The first-order valence-electron chi connectivity index (χ1n) is 10.4. The van der Waals surface area contributed by atoms with E-state index in [-0.39, 0.29) is 23.9 Å². The molecule has 30 heavy (non-hydrogen) atoms. The molecule has 0 radical (unpaired) electrons. The van der Waals surface area contributed by atoms with Crippen LogP contribution in [0.4, 0.5) is 0 Å². The Morgan fingerprint density at radius 3 is 3.00 bits per heavy atom. The van der Waals surface area contributed by atoms with Crippen molar-refractivity contribution in [3.8, 4) is 0 Å². The number of aromatic amines is 1. The number of aryl methyl sites for hydroxylation is 3. The maximum absolute atomic E-state index is 12.6. The number of hydrogen-bond donors (Lipinski definition) is 2. The third-order valence-corrected chi connectivity index (χ3v) is 6.90. The molecule has 7 heteroatoms. The summed E-state index contributed by atoms with van der Waals surface area (Å²) in [7, 11) is 0. The molecule has 0 saturated carbocycles. The zero-order valence-corrected chi connectivity index (χ0v) is 17.6. The van der Waals surface area contributed by atoms with Crippen molar-refractivity contribution in [2.24, 2.45) is 0 Å². The van der Waals surface area contributed by atoms with Crippen molar-refractivity contribution in [3.63, 3.8) is 0 Å². The maximum atomic E-state index is 12.6. The minimum Gasteiger partial charge on any atom is -0.459 e. The molecule has 1 atom stereocenters. The molecule has 3 heterocycles. The predicted molar refractivity (Wildman–Crippen MR) is 118 cm³/mol. The fourth-order valence-corrected chi connectivity index (χ4v) is 5.44. The molecule has 0 saturated heterocycles. The molecular weight excluding hydrogens is 398 g/mol. The fraction of sp³-hybridized carbons (Fsp3) is 0.348. The molecule has 1 amide bonds. The highest BCUT2D eigenvalue weighted by atomic mass is 32.1. The SMILES string of the molecule is C[C@H](NC(=O)CCc1nc2sc3c(c2c(=O)[nH]1)CCCC3)c1cc2ccccc2o1. The molecule has 5 rings (SSSR count). The van der Waals surface area contributed by atoms with Crippen molar-refractivity contribution in [1.82, 2.24) is 15.3 Å². The minimum atomic E-state index is -0.233. The van der Waals surface area contributed by atoms with Crippen molar-refractivity contribution in [1.29, 1.82) is 0 Å². The summed E-state index contributed by atoms with van der Waals surface area (Å²) in [6.07, 6.45) is 4.95. The number of hydrogen-bond acceptors (Lipinski definition) is 5. The Balaban J connectivity index is 1.26. The van der Waals surface area contributed by atoms with Crippen molar-refractivity contribution in [2.75, 3.05) is 0 Å². The fourth-order valence-electron chi connectivity index (χ4n) is 4.16. The Hall–Kier alpha value is -2.93. The summed E-state index contributed by atoms with van der Waals surface area (Å²) in [6.45, 7) is 1.90. The van der Waals surface area contributed by atoms with Crippen LogP contribution in [-0.4, -0.2) is 15.9 Å². The Labute approximate surface area is 177 Å². The number of nitrogens with zero attached hydrogens (tertiary/aromatic N) is 1. The number of carbonyl (C=O) groups is 1. The molecule has 0 unspecified atom stereocenters. The number of furan rings is 1. The molecule has 0 fully saturated rings. The molecule has 1 aliphatic rings. The summed E-state index contributed by atoms with van der Waals surface area (Å²) in [6, 6.07) is 9.49. The number of nitrogens with one attached hydrogen (secondary N) is 2. The van der Waals surface area contributed by atoms with Crippen LogP contribution in [0.2, 0.25) is 0 Å². The van der Waals surface area contributed by atoms with Gasteiger partial charge in [-0.25, -0.2) is 4.98 Å². The van der Waals surface area contributed by atoms with E-state index < -0.39 is 0 Å². The van der Waals surface area contributed by atoms with Crippen molar-refractivity contribution < 1.29 is 9.21 Å². The summed E-state index contributed by atoms with van der Waals surface area (Å²) in [4.78, 5) is 34.7. The summed E-state index contributed by atoms with van der Waals surface area (Å²) >= 11 is 1.63. The quantitative estimate of drug-likeness (QED) is 0.499. The number of para-hydroxylation sites is 1. The van der Waals surface area contributed by atoms with E-state index in [0.717, 1.165) is 46.2 Å². The van der Waals surface area contributed by atoms with Gasteiger partial charge in [-0.15, -0.1) is 11.3 Å². The van der Waals surface area contributed by atoms with Crippen LogP contribution < -0.4 is 10.9 Å². The first-order chi connectivity index (χ1) is 14.6. The Kier molecular flexibility index (Phi) is 4.90. The van der Waals surface area contributed by atoms with Gasteiger partial charge in [-0.2, -0.15) is 0 Å². The molecule has 1 aromatic carbocycles. The molecule has 0 aliphatic heterocycles. The van der Waals surface area contributed by atoms with E-state index in [9.17, 15) is 9.59 Å². The van der Waals surface area contributed by atoms with Gasteiger partial charge in [-0.1, -0.05) is 18.2 Å². The number of carbonyl (C=O) groups excluding carboxylic acids is 1. The molecule has 6 nitrogen and oxygen atoms in total. The van der Waals surface area contributed by atoms with Gasteiger partial charge in [0.05, 0.1) is 11.4 Å². The highest BCUT2D eigenvalue weighted by Crippen LogP contribution is 2.33. The number of amides is 1. The van der Waals surface area contributed by atoms with Gasteiger partial charge < -0.3 is 14.7 Å². The number of rotatable bonds is 5. The molecule has 2 N–H and O–H groups in total. The third kappa shape index (κ3) is 3.54. The normalized spacial score (nSPS) is 14.7. The Morgan fingerprint density at radius 2 is 2.13 bits per heavy atom. The van der Waals surface area contributed by atoms with E-state index in [4.69, 9.17) is 4.42 Å². The smallest absolute Gasteiger partial charge is 0.259 e. The summed E-state index contributed by atoms with van der Waals surface area (Å²) in [5, 5.41) is 4.74. The highest BCUT2D eigenvalue weighted by molar-refractivity contribution is 7.18. The van der Waals surface area contributed by atoms with Gasteiger partial charge in [0, 0.05) is 23.1 Å². The van der Waals surface area contributed by atoms with Gasteiger partial charge in [-0.05, 0) is 50.3 Å². The second-order valence-corrected chi connectivity index (χ2v) is 8.96. The van der Waals surface area contributed by atoms with Crippen LogP contribution in [0.1, 0.15) is 54.3 Å². The van der Waals surface area contributed by atoms with E-state index in [0.29, 0.717) is 12.2 Å². The molecule has 0 spiro atoms. The molecule has 3 aromatic heterocycles. The lowest BCUT2D eigenvalue weighted by Gasteiger charge is -2.11. The summed E-state index contributed by atoms with van der Waals surface area (Å²) in [5.74, 6) is 1.19. The van der Waals surface area contributed by atoms with E-state index in [1.165, 1.54) is 16.9 Å². The van der Waals surface area contributed by atoms with Crippen molar-refractivity contribution in [3.05, 3.63) is 62.7 Å². The molecule has 1 aliphatic carbocycles. The lowest BCUT2D eigenvalue weighted by molar-refractivity contribution is -0.121. The van der Waals surface area contributed by atoms with Crippen LogP contribution in [0.25, 0.3) is 21.2 Å². The second kappa shape index (κ2) is 7.72. The zero-order chi connectivity index (χ0) is 20.7. The lowest BCUT2D eigenvalue weighted by atomic mass is 9.97. The monoisotopic (exact) mass is 421 g/mol. The maximum Gasteiger partial charge on any atom is 0.259 e. The largest absolute Gasteiger partial charge is 0.459 e. The highest BCUT2D eigenvalue weighted by Gasteiger charge is 2.20. The topological polar surface area (TPSA) is 88.0 Å². The van der Waals surface area contributed by atoms with E-state index in [2.05, 4.69) is 15.3 Å². The Bertz CT molecular complexity index is 1270. The molecule has 0 bridgehead atoms. The van der Waals surface area contributed by atoms with Gasteiger partial charge in [0.2, 0.25) is 5.91 Å². The van der Waals surface area contributed by atoms with Crippen LogP contribution in [0.15, 0.2) is 39.5 Å². The van der Waals surface area contributed by atoms with E-state index in [1.54, 1.807) is 11.3 Å². The van der Waals surface area contributed by atoms with Crippen LogP contribution in [0.5, 0.6) is 0 Å². The van der Waals surface area contributed by atoms with Crippen molar-refractivity contribution >= 4 is 38.4 Å². The number of H-pyrrole nitrogens is 1. The average Bonchev–Trinajstić information content (AvgIpc) is 3.33.